The van der Waals surface area contributed by atoms with Gasteiger partial charge in [0.2, 0.25) is 11.1 Å². The molecule has 7 nitrogen and oxygen atoms in total. The minimum Gasteiger partial charge on any atom is -0.495 e. The number of anilines is 1. The lowest BCUT2D eigenvalue weighted by Crippen LogP contribution is -2.15. The second-order valence-electron chi connectivity index (χ2n) is 3.77. The molecule has 0 bridgehead atoms. The molecule has 2 rings (SSSR count). The summed E-state index contributed by atoms with van der Waals surface area (Å²) in [4.78, 5) is 11.9. The Balaban J connectivity index is 1.98. The first-order valence-corrected chi connectivity index (χ1v) is 6.95. The van der Waals surface area contributed by atoms with E-state index in [-0.39, 0.29) is 11.7 Å². The van der Waals surface area contributed by atoms with Crippen molar-refractivity contribution in [3.05, 3.63) is 23.2 Å². The van der Waals surface area contributed by atoms with Crippen LogP contribution in [0.25, 0.3) is 0 Å². The zero-order valence-corrected chi connectivity index (χ0v) is 12.4. The highest BCUT2D eigenvalue weighted by molar-refractivity contribution is 7.99. The Kier molecular flexibility index (Phi) is 4.80. The van der Waals surface area contributed by atoms with Crippen LogP contribution in [0.5, 0.6) is 5.75 Å². The quantitative estimate of drug-likeness (QED) is 0.844. The van der Waals surface area contributed by atoms with Crippen LogP contribution in [0.4, 0.5) is 5.69 Å². The van der Waals surface area contributed by atoms with Crippen molar-refractivity contribution in [1.29, 1.82) is 0 Å². The van der Waals surface area contributed by atoms with Crippen LogP contribution in [0.2, 0.25) is 5.02 Å². The lowest BCUT2D eigenvalue weighted by Gasteiger charge is -2.10. The molecule has 20 heavy (non-hydrogen) atoms. The Bertz CT molecular complexity index is 619. The number of amides is 1. The maximum absolute atomic E-state index is 11.9. The van der Waals surface area contributed by atoms with E-state index in [9.17, 15) is 4.79 Å². The zero-order chi connectivity index (χ0) is 14.5. The van der Waals surface area contributed by atoms with Crippen molar-refractivity contribution in [2.45, 2.75) is 5.16 Å². The molecule has 2 aromatic rings. The highest BCUT2D eigenvalue weighted by Crippen LogP contribution is 2.27. The fourth-order valence-electron chi connectivity index (χ4n) is 1.44. The smallest absolute Gasteiger partial charge is 0.234 e. The average molecular weight is 314 g/mol. The summed E-state index contributed by atoms with van der Waals surface area (Å²) < 4.78 is 6.65. The number of hydrogen-bond donors (Lipinski definition) is 1. The van der Waals surface area contributed by atoms with E-state index in [1.807, 2.05) is 0 Å². The van der Waals surface area contributed by atoms with Gasteiger partial charge in [-0.3, -0.25) is 4.79 Å². The molecule has 0 radical (unpaired) electrons. The van der Waals surface area contributed by atoms with Crippen LogP contribution in [-0.2, 0) is 11.8 Å². The molecule has 0 fully saturated rings. The van der Waals surface area contributed by atoms with Crippen molar-refractivity contribution in [3.63, 3.8) is 0 Å². The second-order valence-corrected chi connectivity index (χ2v) is 5.15. The molecule has 106 valence electrons. The van der Waals surface area contributed by atoms with E-state index in [1.165, 1.54) is 23.6 Å². The third kappa shape index (κ3) is 3.61. The molecule has 0 atom stereocenters. The molecule has 1 amide bonds. The van der Waals surface area contributed by atoms with Crippen molar-refractivity contribution < 1.29 is 9.53 Å². The van der Waals surface area contributed by atoms with Gasteiger partial charge in [0.25, 0.3) is 0 Å². The Morgan fingerprint density at radius 1 is 1.55 bits per heavy atom. The van der Waals surface area contributed by atoms with E-state index in [1.54, 1.807) is 25.2 Å². The van der Waals surface area contributed by atoms with Gasteiger partial charge in [-0.15, -0.1) is 5.10 Å². The predicted molar refractivity (Wildman–Crippen MR) is 76.2 cm³/mol. The fourth-order valence-corrected chi connectivity index (χ4v) is 2.26. The summed E-state index contributed by atoms with van der Waals surface area (Å²) in [7, 11) is 3.24. The summed E-state index contributed by atoms with van der Waals surface area (Å²) in [6, 6.07) is 5.01. The monoisotopic (exact) mass is 313 g/mol. The van der Waals surface area contributed by atoms with E-state index in [0.717, 1.165) is 0 Å². The number of rotatable bonds is 5. The molecule has 0 spiro atoms. The molecule has 0 aliphatic heterocycles. The van der Waals surface area contributed by atoms with Crippen LogP contribution in [-0.4, -0.2) is 39.0 Å². The van der Waals surface area contributed by atoms with Crippen molar-refractivity contribution in [3.8, 4) is 5.75 Å². The number of hydrogen-bond acceptors (Lipinski definition) is 6. The van der Waals surface area contributed by atoms with Gasteiger partial charge in [-0.2, -0.15) is 0 Å². The summed E-state index contributed by atoms with van der Waals surface area (Å²) in [6.07, 6.45) is 0. The number of aryl methyl sites for hydroxylation is 1. The first-order chi connectivity index (χ1) is 9.60. The summed E-state index contributed by atoms with van der Waals surface area (Å²) in [6.45, 7) is 0. The highest BCUT2D eigenvalue weighted by atomic mass is 35.5. The minimum atomic E-state index is -0.196. The SMILES string of the molecule is COc1ccc(Cl)cc1NC(=O)CSc1nnnn1C. The van der Waals surface area contributed by atoms with Gasteiger partial charge in [-0.05, 0) is 28.6 Å². The van der Waals surface area contributed by atoms with Gasteiger partial charge in [0.15, 0.2) is 0 Å². The normalized spacial score (nSPS) is 10.3. The predicted octanol–water partition coefficient (Wildman–Crippen LogP) is 1.60. The lowest BCUT2D eigenvalue weighted by atomic mass is 10.3. The van der Waals surface area contributed by atoms with Gasteiger partial charge in [-0.1, -0.05) is 23.4 Å². The fraction of sp³-hybridized carbons (Fsp3) is 0.273. The summed E-state index contributed by atoms with van der Waals surface area (Å²) in [5.41, 5.74) is 0.529. The molecule has 0 unspecified atom stereocenters. The van der Waals surface area contributed by atoms with Crippen LogP contribution in [0.3, 0.4) is 0 Å². The van der Waals surface area contributed by atoms with Crippen molar-refractivity contribution >= 4 is 35.0 Å². The van der Waals surface area contributed by atoms with Gasteiger partial charge >= 0.3 is 0 Å². The number of aromatic nitrogens is 4. The van der Waals surface area contributed by atoms with Crippen LogP contribution in [0.1, 0.15) is 0 Å². The number of ether oxygens (including phenoxy) is 1. The van der Waals surface area contributed by atoms with Crippen LogP contribution in [0.15, 0.2) is 23.4 Å². The van der Waals surface area contributed by atoms with Gasteiger partial charge in [0.05, 0.1) is 18.6 Å². The van der Waals surface area contributed by atoms with Gasteiger partial charge in [-0.25, -0.2) is 4.68 Å². The molecule has 9 heteroatoms. The molecule has 1 aromatic carbocycles. The van der Waals surface area contributed by atoms with Crippen molar-refractivity contribution in [1.82, 2.24) is 20.2 Å². The molecular weight excluding hydrogens is 302 g/mol. The van der Waals surface area contributed by atoms with E-state index in [0.29, 0.717) is 21.6 Å². The number of benzene rings is 1. The number of halogens is 1. The third-order valence-electron chi connectivity index (χ3n) is 2.35. The topological polar surface area (TPSA) is 81.9 Å². The largest absolute Gasteiger partial charge is 0.495 e. The molecule has 0 saturated heterocycles. The van der Waals surface area contributed by atoms with Gasteiger partial charge < -0.3 is 10.1 Å². The summed E-state index contributed by atoms with van der Waals surface area (Å²) in [5, 5.41) is 14.8. The highest BCUT2D eigenvalue weighted by Gasteiger charge is 2.11. The molecule has 0 saturated carbocycles. The third-order valence-corrected chi connectivity index (χ3v) is 3.59. The zero-order valence-electron chi connectivity index (χ0n) is 10.8. The second kappa shape index (κ2) is 6.58. The number of tetrazole rings is 1. The Labute approximate surface area is 124 Å². The Morgan fingerprint density at radius 2 is 2.35 bits per heavy atom. The van der Waals surface area contributed by atoms with E-state index in [4.69, 9.17) is 16.3 Å². The van der Waals surface area contributed by atoms with E-state index < -0.39 is 0 Å². The standard InChI is InChI=1S/C11H12ClN5O2S/c1-17-11(14-15-16-17)20-6-10(18)13-8-5-7(12)3-4-9(8)19-2/h3-5H,6H2,1-2H3,(H,13,18). The summed E-state index contributed by atoms with van der Waals surface area (Å²) >= 11 is 7.13. The molecule has 1 N–H and O–H groups in total. The molecule has 0 aliphatic carbocycles. The Hall–Kier alpha value is -1.80. The van der Waals surface area contributed by atoms with Gasteiger partial charge in [0.1, 0.15) is 5.75 Å². The number of carbonyl (C=O) groups excluding carboxylic acids is 1. The average Bonchev–Trinajstić information content (AvgIpc) is 2.82. The first-order valence-electron chi connectivity index (χ1n) is 5.58. The first kappa shape index (κ1) is 14.6. The van der Waals surface area contributed by atoms with Crippen molar-refractivity contribution in [2.24, 2.45) is 7.05 Å². The number of carbonyl (C=O) groups is 1. The van der Waals surface area contributed by atoms with Gasteiger partial charge in [0, 0.05) is 12.1 Å². The summed E-state index contributed by atoms with van der Waals surface area (Å²) in [5.74, 6) is 0.538. The molecule has 1 heterocycles. The number of methoxy groups -OCH3 is 1. The lowest BCUT2D eigenvalue weighted by molar-refractivity contribution is -0.113. The molecule has 1 aromatic heterocycles. The van der Waals surface area contributed by atoms with Crippen LogP contribution >= 0.6 is 23.4 Å². The van der Waals surface area contributed by atoms with E-state index in [2.05, 4.69) is 20.8 Å². The van der Waals surface area contributed by atoms with Crippen LogP contribution in [0, 0.1) is 0 Å². The number of nitrogens with one attached hydrogen (secondary N) is 1. The number of thioether (sulfide) groups is 1. The minimum absolute atomic E-state index is 0.184. The Morgan fingerprint density at radius 3 is 3.00 bits per heavy atom. The van der Waals surface area contributed by atoms with Crippen LogP contribution < -0.4 is 10.1 Å². The number of nitrogens with zero attached hydrogens (tertiary/aromatic N) is 4. The maximum atomic E-state index is 11.9. The van der Waals surface area contributed by atoms with E-state index >= 15 is 0 Å². The maximum Gasteiger partial charge on any atom is 0.234 e. The molecular formula is C11H12ClN5O2S. The van der Waals surface area contributed by atoms with Crippen molar-refractivity contribution in [2.75, 3.05) is 18.2 Å². The molecule has 0 aliphatic rings.